The van der Waals surface area contributed by atoms with E-state index in [4.69, 9.17) is 9.47 Å². The maximum Gasteiger partial charge on any atom is 0.213 e. The Hall–Kier alpha value is -3.54. The number of carbonyl (C=O) groups is 1. The van der Waals surface area contributed by atoms with E-state index in [0.29, 0.717) is 22.8 Å². The van der Waals surface area contributed by atoms with E-state index in [9.17, 15) is 4.79 Å². The molecule has 2 heterocycles. The quantitative estimate of drug-likeness (QED) is 0.482. The number of fused-ring (bicyclic) bond motifs is 1. The molecule has 0 aliphatic heterocycles. The summed E-state index contributed by atoms with van der Waals surface area (Å²) in [5, 5.41) is 1.10. The molecule has 0 aliphatic rings. The second kappa shape index (κ2) is 7.13. The van der Waals surface area contributed by atoms with Gasteiger partial charge in [0.15, 0.2) is 0 Å². The number of carbonyl (C=O) groups excluding carboxylic acids is 1. The Labute approximate surface area is 169 Å². The predicted octanol–water partition coefficient (Wildman–Crippen LogP) is 4.14. The summed E-state index contributed by atoms with van der Waals surface area (Å²) < 4.78 is 14.8. The number of imidazole rings is 1. The van der Waals surface area contributed by atoms with Crippen molar-refractivity contribution in [3.63, 3.8) is 0 Å². The second-order valence-corrected chi connectivity index (χ2v) is 7.07. The first-order valence-electron chi connectivity index (χ1n) is 9.29. The summed E-state index contributed by atoms with van der Waals surface area (Å²) in [5.74, 6) is 1.79. The van der Waals surface area contributed by atoms with Crippen molar-refractivity contribution in [3.8, 4) is 22.9 Å². The van der Waals surface area contributed by atoms with Gasteiger partial charge in [0.1, 0.15) is 23.0 Å². The molecule has 4 aromatic rings. The van der Waals surface area contributed by atoms with Crippen LogP contribution in [0.15, 0.2) is 48.8 Å². The lowest BCUT2D eigenvalue weighted by Crippen LogP contribution is -2.04. The zero-order valence-corrected chi connectivity index (χ0v) is 17.2. The van der Waals surface area contributed by atoms with E-state index >= 15 is 0 Å². The molecule has 0 unspecified atom stereocenters. The lowest BCUT2D eigenvalue weighted by Gasteiger charge is -2.11. The second-order valence-electron chi connectivity index (χ2n) is 7.07. The molecule has 0 bridgehead atoms. The summed E-state index contributed by atoms with van der Waals surface area (Å²) >= 11 is 0. The molecular weight excluding hydrogens is 366 g/mol. The normalized spacial score (nSPS) is 11.1. The standard InChI is InChI=1S/C23H23N3O3/c1-14-20(28-4)10-15(11-21(14)29-5)22(27)18-13-26(3)23(24-18)17-12-25(2)19-9-7-6-8-16(17)19/h6-13H,1-5H3. The Bertz CT molecular complexity index is 1210. The number of aromatic nitrogens is 3. The number of rotatable bonds is 5. The van der Waals surface area contributed by atoms with Crippen LogP contribution in [-0.4, -0.2) is 34.1 Å². The monoisotopic (exact) mass is 389 g/mol. The van der Waals surface area contributed by atoms with Gasteiger partial charge in [0.05, 0.1) is 14.2 Å². The van der Waals surface area contributed by atoms with Gasteiger partial charge in [-0.2, -0.15) is 0 Å². The van der Waals surface area contributed by atoms with Crippen molar-refractivity contribution >= 4 is 16.7 Å². The maximum absolute atomic E-state index is 13.2. The molecule has 29 heavy (non-hydrogen) atoms. The van der Waals surface area contributed by atoms with E-state index in [-0.39, 0.29) is 5.78 Å². The third-order valence-corrected chi connectivity index (χ3v) is 5.26. The van der Waals surface area contributed by atoms with Gasteiger partial charge in [0.25, 0.3) is 0 Å². The summed E-state index contributed by atoms with van der Waals surface area (Å²) in [4.78, 5) is 17.8. The Kier molecular flexibility index (Phi) is 4.62. The summed E-state index contributed by atoms with van der Waals surface area (Å²) in [6, 6.07) is 11.6. The van der Waals surface area contributed by atoms with E-state index in [1.165, 1.54) is 0 Å². The summed E-state index contributed by atoms with van der Waals surface area (Å²) in [5.41, 5.74) is 3.81. The molecule has 0 amide bonds. The Morgan fingerprint density at radius 3 is 2.28 bits per heavy atom. The number of hydrogen-bond donors (Lipinski definition) is 0. The van der Waals surface area contributed by atoms with Gasteiger partial charge in [-0.3, -0.25) is 4.79 Å². The fourth-order valence-corrected chi connectivity index (χ4v) is 3.71. The molecule has 6 heteroatoms. The summed E-state index contributed by atoms with van der Waals surface area (Å²) in [6.45, 7) is 1.89. The zero-order valence-electron chi connectivity index (χ0n) is 17.2. The van der Waals surface area contributed by atoms with Gasteiger partial charge < -0.3 is 18.6 Å². The Balaban J connectivity index is 1.80. The first-order chi connectivity index (χ1) is 13.9. The van der Waals surface area contributed by atoms with E-state index < -0.39 is 0 Å². The van der Waals surface area contributed by atoms with Crippen molar-refractivity contribution in [1.82, 2.24) is 14.1 Å². The van der Waals surface area contributed by atoms with Crippen molar-refractivity contribution in [2.75, 3.05) is 14.2 Å². The smallest absolute Gasteiger partial charge is 0.213 e. The molecule has 0 aliphatic carbocycles. The van der Waals surface area contributed by atoms with Gasteiger partial charge in [-0.1, -0.05) is 18.2 Å². The molecule has 148 valence electrons. The van der Waals surface area contributed by atoms with Crippen LogP contribution < -0.4 is 9.47 Å². The van der Waals surface area contributed by atoms with Crippen LogP contribution in [-0.2, 0) is 14.1 Å². The lowest BCUT2D eigenvalue weighted by atomic mass is 10.0. The minimum atomic E-state index is -0.177. The molecule has 0 atom stereocenters. The minimum absolute atomic E-state index is 0.177. The SMILES string of the molecule is COc1cc(C(=O)c2cn(C)c(-c3cn(C)c4ccccc34)n2)cc(OC)c1C. The maximum atomic E-state index is 13.2. The molecule has 0 saturated carbocycles. The van der Waals surface area contributed by atoms with Crippen LogP contribution in [0, 0.1) is 6.92 Å². The third kappa shape index (κ3) is 3.06. The molecule has 6 nitrogen and oxygen atoms in total. The topological polar surface area (TPSA) is 58.3 Å². The summed E-state index contributed by atoms with van der Waals surface area (Å²) in [6.07, 6.45) is 3.80. The predicted molar refractivity (Wildman–Crippen MR) is 113 cm³/mol. The Morgan fingerprint density at radius 1 is 0.966 bits per heavy atom. The third-order valence-electron chi connectivity index (χ3n) is 5.26. The van der Waals surface area contributed by atoms with Crippen LogP contribution in [0.2, 0.25) is 0 Å². The molecular formula is C23H23N3O3. The molecule has 0 saturated heterocycles. The summed E-state index contributed by atoms with van der Waals surface area (Å²) in [7, 11) is 7.06. The van der Waals surface area contributed by atoms with Crippen LogP contribution in [0.3, 0.4) is 0 Å². The van der Waals surface area contributed by atoms with Gasteiger partial charge in [-0.25, -0.2) is 4.98 Å². The van der Waals surface area contributed by atoms with Crippen LogP contribution in [0.4, 0.5) is 0 Å². The van der Waals surface area contributed by atoms with E-state index in [1.807, 2.05) is 43.9 Å². The first-order valence-corrected chi connectivity index (χ1v) is 9.29. The van der Waals surface area contributed by atoms with Crippen molar-refractivity contribution in [3.05, 3.63) is 65.6 Å². The van der Waals surface area contributed by atoms with E-state index in [2.05, 4.69) is 21.7 Å². The highest BCUT2D eigenvalue weighted by Gasteiger charge is 2.20. The van der Waals surface area contributed by atoms with Crippen molar-refractivity contribution in [1.29, 1.82) is 0 Å². The van der Waals surface area contributed by atoms with Crippen LogP contribution in [0.5, 0.6) is 11.5 Å². The first kappa shape index (κ1) is 18.8. The largest absolute Gasteiger partial charge is 0.496 e. The number of methoxy groups -OCH3 is 2. The zero-order chi connectivity index (χ0) is 20.7. The molecule has 2 aromatic carbocycles. The van der Waals surface area contributed by atoms with Crippen LogP contribution >= 0.6 is 0 Å². The number of para-hydroxylation sites is 1. The fraction of sp³-hybridized carbons (Fsp3) is 0.217. The molecule has 2 aromatic heterocycles. The van der Waals surface area contributed by atoms with Crippen molar-refractivity contribution in [2.24, 2.45) is 14.1 Å². The van der Waals surface area contributed by atoms with Gasteiger partial charge >= 0.3 is 0 Å². The lowest BCUT2D eigenvalue weighted by molar-refractivity contribution is 0.103. The number of benzene rings is 2. The highest BCUT2D eigenvalue weighted by atomic mass is 16.5. The van der Waals surface area contributed by atoms with E-state index in [1.54, 1.807) is 32.5 Å². The minimum Gasteiger partial charge on any atom is -0.496 e. The van der Waals surface area contributed by atoms with Crippen molar-refractivity contribution < 1.29 is 14.3 Å². The number of aryl methyl sites for hydroxylation is 2. The fourth-order valence-electron chi connectivity index (χ4n) is 3.71. The average molecular weight is 389 g/mol. The van der Waals surface area contributed by atoms with Gasteiger partial charge in [0, 0.05) is 54.1 Å². The molecule has 4 rings (SSSR count). The molecule has 0 spiro atoms. The van der Waals surface area contributed by atoms with Gasteiger partial charge in [-0.05, 0) is 25.1 Å². The van der Waals surface area contributed by atoms with Gasteiger partial charge in [0.2, 0.25) is 5.78 Å². The van der Waals surface area contributed by atoms with Crippen molar-refractivity contribution in [2.45, 2.75) is 6.92 Å². The molecule has 0 N–H and O–H groups in total. The molecule has 0 radical (unpaired) electrons. The highest BCUT2D eigenvalue weighted by Crippen LogP contribution is 2.32. The number of ketones is 1. The van der Waals surface area contributed by atoms with Crippen LogP contribution in [0.25, 0.3) is 22.3 Å². The van der Waals surface area contributed by atoms with E-state index in [0.717, 1.165) is 27.9 Å². The number of hydrogen-bond acceptors (Lipinski definition) is 4. The van der Waals surface area contributed by atoms with Gasteiger partial charge in [-0.15, -0.1) is 0 Å². The Morgan fingerprint density at radius 2 is 1.62 bits per heavy atom. The number of nitrogens with zero attached hydrogens (tertiary/aromatic N) is 3. The number of ether oxygens (including phenoxy) is 2. The van der Waals surface area contributed by atoms with Crippen LogP contribution in [0.1, 0.15) is 21.6 Å². The highest BCUT2D eigenvalue weighted by molar-refractivity contribution is 6.08. The molecule has 0 fully saturated rings. The average Bonchev–Trinajstić information content (AvgIpc) is 3.28.